The first-order valence-corrected chi connectivity index (χ1v) is 6.31. The summed E-state index contributed by atoms with van der Waals surface area (Å²) in [6.45, 7) is 1.29. The smallest absolute Gasteiger partial charge is 0.409 e. The highest BCUT2D eigenvalue weighted by atomic mass is 35.7. The zero-order valence-corrected chi connectivity index (χ0v) is 8.47. The second-order valence-electron chi connectivity index (χ2n) is 2.70. The van der Waals surface area contributed by atoms with E-state index in [0.717, 1.165) is 0 Å². The van der Waals surface area contributed by atoms with Crippen LogP contribution in [-0.2, 0) is 13.8 Å². The van der Waals surface area contributed by atoms with E-state index in [0.29, 0.717) is 26.1 Å². The number of hydrogen-bond donors (Lipinski definition) is 0. The van der Waals surface area contributed by atoms with E-state index in [1.165, 1.54) is 4.90 Å². The summed E-state index contributed by atoms with van der Waals surface area (Å²) in [5, 5.41) is 0. The van der Waals surface area contributed by atoms with Gasteiger partial charge in [-0.3, -0.25) is 0 Å². The highest BCUT2D eigenvalue weighted by Crippen LogP contribution is 2.05. The van der Waals surface area contributed by atoms with E-state index < -0.39 is 9.05 Å². The number of nitrogens with zero attached hydrogens (tertiary/aromatic N) is 1. The normalized spacial score (nSPS) is 17.6. The topological polar surface area (TPSA) is 63.7 Å². The maximum absolute atomic E-state index is 10.9. The summed E-state index contributed by atoms with van der Waals surface area (Å²) in [5.41, 5.74) is 0. The number of carbonyl (C=O) groups is 1. The van der Waals surface area contributed by atoms with E-state index in [9.17, 15) is 13.2 Å². The molecule has 7 heteroatoms. The molecule has 1 rings (SSSR count). The van der Waals surface area contributed by atoms with Crippen molar-refractivity contribution in [2.24, 2.45) is 0 Å². The number of amides is 1. The van der Waals surface area contributed by atoms with Gasteiger partial charge in [-0.25, -0.2) is 13.2 Å². The minimum atomic E-state index is -3.44. The molecule has 0 aromatic carbocycles. The van der Waals surface area contributed by atoms with E-state index in [1.54, 1.807) is 0 Å². The van der Waals surface area contributed by atoms with Crippen LogP contribution in [-0.4, -0.2) is 44.9 Å². The van der Waals surface area contributed by atoms with Crippen molar-refractivity contribution in [3.05, 3.63) is 0 Å². The van der Waals surface area contributed by atoms with E-state index in [2.05, 4.69) is 4.74 Å². The first kappa shape index (κ1) is 10.6. The Morgan fingerprint density at radius 3 is 2.69 bits per heavy atom. The molecular weight excluding hydrogens is 218 g/mol. The van der Waals surface area contributed by atoms with Gasteiger partial charge < -0.3 is 9.64 Å². The predicted octanol–water partition coefficient (Wildman–Crippen LogP) is 0.397. The van der Waals surface area contributed by atoms with Crippen LogP contribution in [0.4, 0.5) is 4.79 Å². The molecule has 0 aromatic rings. The first-order valence-electron chi connectivity index (χ1n) is 3.83. The molecule has 13 heavy (non-hydrogen) atoms. The molecule has 5 nitrogen and oxygen atoms in total. The van der Waals surface area contributed by atoms with Gasteiger partial charge in [0.2, 0.25) is 9.05 Å². The molecule has 1 aliphatic heterocycles. The quantitative estimate of drug-likeness (QED) is 0.652. The Morgan fingerprint density at radius 2 is 2.23 bits per heavy atom. The molecule has 0 bridgehead atoms. The summed E-state index contributed by atoms with van der Waals surface area (Å²) in [7, 11) is 1.55. The first-order chi connectivity index (χ1) is 5.99. The van der Waals surface area contributed by atoms with Crippen molar-refractivity contribution in [1.29, 1.82) is 0 Å². The molecule has 1 saturated heterocycles. The van der Waals surface area contributed by atoms with Gasteiger partial charge in [0.25, 0.3) is 0 Å². The Morgan fingerprint density at radius 1 is 1.54 bits per heavy atom. The van der Waals surface area contributed by atoms with E-state index in [1.807, 2.05) is 0 Å². The summed E-state index contributed by atoms with van der Waals surface area (Å²) >= 11 is 0. The van der Waals surface area contributed by atoms with Crippen LogP contribution < -0.4 is 0 Å². The molecule has 0 unspecified atom stereocenters. The van der Waals surface area contributed by atoms with E-state index in [4.69, 9.17) is 10.7 Å². The van der Waals surface area contributed by atoms with Gasteiger partial charge in [0, 0.05) is 17.2 Å². The molecule has 76 valence electrons. The second kappa shape index (κ2) is 4.15. The molecule has 0 aliphatic carbocycles. The molecule has 0 radical (unpaired) electrons. The number of hydrogen-bond acceptors (Lipinski definition) is 4. The van der Waals surface area contributed by atoms with E-state index >= 15 is 0 Å². The van der Waals surface area contributed by atoms with Crippen LogP contribution >= 0.6 is 10.7 Å². The molecule has 0 spiro atoms. The predicted molar refractivity (Wildman–Crippen MR) is 47.2 cm³/mol. The molecule has 0 atom stereocenters. The van der Waals surface area contributed by atoms with Crippen molar-refractivity contribution in [1.82, 2.24) is 4.90 Å². The summed E-state index contributed by atoms with van der Waals surface area (Å²) in [6.07, 6.45) is -0.0343. The van der Waals surface area contributed by atoms with Gasteiger partial charge >= 0.3 is 6.09 Å². The van der Waals surface area contributed by atoms with Gasteiger partial charge in [-0.05, 0) is 6.42 Å². The summed E-state index contributed by atoms with van der Waals surface area (Å²) in [4.78, 5) is 12.3. The standard InChI is InChI=1S/C6H10ClNO4S/c7-13(10,11)5-1-2-8-3-4-12-6(8)9/h1-5H2. The Balaban J connectivity index is 2.23. The maximum atomic E-state index is 10.9. The third-order valence-electron chi connectivity index (χ3n) is 1.66. The summed E-state index contributed by atoms with van der Waals surface area (Å²) < 4.78 is 25.7. The van der Waals surface area contributed by atoms with Crippen LogP contribution in [0.15, 0.2) is 0 Å². The highest BCUT2D eigenvalue weighted by molar-refractivity contribution is 8.13. The second-order valence-corrected chi connectivity index (χ2v) is 5.59. The molecule has 1 aliphatic rings. The Labute approximate surface area is 81.0 Å². The Kier molecular flexibility index (Phi) is 3.38. The molecule has 1 amide bonds. The van der Waals surface area contributed by atoms with Gasteiger partial charge in [-0.2, -0.15) is 0 Å². The van der Waals surface area contributed by atoms with Crippen molar-refractivity contribution in [2.75, 3.05) is 25.4 Å². The van der Waals surface area contributed by atoms with E-state index in [-0.39, 0.29) is 11.8 Å². The average Bonchev–Trinajstić information content (AvgIpc) is 2.34. The fraction of sp³-hybridized carbons (Fsp3) is 0.833. The lowest BCUT2D eigenvalue weighted by Gasteiger charge is -2.10. The third kappa shape index (κ3) is 3.82. The largest absolute Gasteiger partial charge is 0.448 e. The van der Waals surface area contributed by atoms with Crippen LogP contribution in [0.3, 0.4) is 0 Å². The van der Waals surface area contributed by atoms with Crippen molar-refractivity contribution in [3.63, 3.8) is 0 Å². The van der Waals surface area contributed by atoms with Gasteiger partial charge in [-0.15, -0.1) is 0 Å². The van der Waals surface area contributed by atoms with Gasteiger partial charge in [0.15, 0.2) is 0 Å². The van der Waals surface area contributed by atoms with Crippen LogP contribution in [0.1, 0.15) is 6.42 Å². The SMILES string of the molecule is O=C1OCCN1CCCS(=O)(=O)Cl. The van der Waals surface area contributed by atoms with Crippen molar-refractivity contribution in [3.8, 4) is 0 Å². The fourth-order valence-corrected chi connectivity index (χ4v) is 1.86. The lowest BCUT2D eigenvalue weighted by molar-refractivity contribution is 0.158. The number of halogens is 1. The molecule has 1 fully saturated rings. The van der Waals surface area contributed by atoms with Crippen LogP contribution in [0, 0.1) is 0 Å². The molecule has 1 heterocycles. The molecular formula is C6H10ClNO4S. The van der Waals surface area contributed by atoms with Crippen molar-refractivity contribution >= 4 is 25.8 Å². The number of cyclic esters (lactones) is 1. The zero-order valence-electron chi connectivity index (χ0n) is 6.90. The van der Waals surface area contributed by atoms with Crippen molar-refractivity contribution in [2.45, 2.75) is 6.42 Å². The van der Waals surface area contributed by atoms with Crippen LogP contribution in [0.2, 0.25) is 0 Å². The third-order valence-corrected chi connectivity index (χ3v) is 2.90. The fourth-order valence-electron chi connectivity index (χ4n) is 1.06. The minimum Gasteiger partial charge on any atom is -0.448 e. The minimum absolute atomic E-state index is 0.113. The monoisotopic (exact) mass is 227 g/mol. The lowest BCUT2D eigenvalue weighted by atomic mass is 10.4. The summed E-state index contributed by atoms with van der Waals surface area (Å²) in [6, 6.07) is 0. The number of carbonyl (C=O) groups excluding carboxylic acids is 1. The van der Waals surface area contributed by atoms with Crippen LogP contribution in [0.5, 0.6) is 0 Å². The van der Waals surface area contributed by atoms with Crippen molar-refractivity contribution < 1.29 is 17.9 Å². The average molecular weight is 228 g/mol. The molecule has 0 N–H and O–H groups in total. The lowest BCUT2D eigenvalue weighted by Crippen LogP contribution is -2.26. The highest BCUT2D eigenvalue weighted by Gasteiger charge is 2.21. The Hall–Kier alpha value is -0.490. The number of rotatable bonds is 4. The van der Waals surface area contributed by atoms with Crippen LogP contribution in [0.25, 0.3) is 0 Å². The van der Waals surface area contributed by atoms with Gasteiger partial charge in [-0.1, -0.05) is 0 Å². The zero-order chi connectivity index (χ0) is 9.90. The number of ether oxygens (including phenoxy) is 1. The van der Waals surface area contributed by atoms with Gasteiger partial charge in [0.05, 0.1) is 12.3 Å². The maximum Gasteiger partial charge on any atom is 0.409 e. The Bertz CT molecular complexity index is 289. The molecule has 0 aromatic heterocycles. The van der Waals surface area contributed by atoms with Gasteiger partial charge in [0.1, 0.15) is 6.61 Å². The molecule has 0 saturated carbocycles. The summed E-state index contributed by atoms with van der Waals surface area (Å²) in [5.74, 6) is -0.113.